The Hall–Kier alpha value is -3.34. The molecule has 0 aromatic heterocycles. The van der Waals surface area contributed by atoms with Crippen molar-refractivity contribution >= 4 is 17.2 Å². The summed E-state index contributed by atoms with van der Waals surface area (Å²) in [5, 5.41) is 12.7. The molecule has 0 amide bonds. The summed E-state index contributed by atoms with van der Waals surface area (Å²) in [6, 6.07) is 14.8. The second-order valence-corrected chi connectivity index (χ2v) is 4.42. The number of ether oxygens (including phenoxy) is 1. The number of alkyl halides is 3. The van der Waals surface area contributed by atoms with Gasteiger partial charge in [-0.15, -0.1) is 13.2 Å². The molecular weight excluding hydrogens is 323 g/mol. The number of anilines is 1. The van der Waals surface area contributed by atoms with Gasteiger partial charge >= 0.3 is 6.36 Å². The molecule has 0 radical (unpaired) electrons. The van der Waals surface area contributed by atoms with Crippen LogP contribution in [-0.2, 0) is 0 Å². The summed E-state index contributed by atoms with van der Waals surface area (Å²) in [6.07, 6.45) is -4.96. The first-order chi connectivity index (χ1) is 11.4. The molecule has 0 aliphatic rings. The monoisotopic (exact) mass is 333 g/mol. The highest BCUT2D eigenvalue weighted by Gasteiger charge is 2.33. The lowest BCUT2D eigenvalue weighted by atomic mass is 10.1. The molecule has 1 N–H and O–H groups in total. The molecule has 0 saturated carbocycles. The number of hydrazone groups is 1. The minimum Gasteiger partial charge on any atom is -0.405 e. The first-order valence-corrected chi connectivity index (χ1v) is 6.59. The highest BCUT2D eigenvalue weighted by Crippen LogP contribution is 2.26. The van der Waals surface area contributed by atoms with Crippen molar-refractivity contribution in [1.82, 2.24) is 0 Å². The maximum absolute atomic E-state index is 12.4. The predicted octanol–water partition coefficient (Wildman–Crippen LogP) is 3.76. The van der Waals surface area contributed by atoms with E-state index in [1.165, 1.54) is 12.1 Å². The van der Waals surface area contributed by atoms with E-state index in [-0.39, 0.29) is 0 Å². The molecule has 0 fully saturated rings. The van der Waals surface area contributed by atoms with E-state index in [0.717, 1.165) is 12.1 Å². The van der Waals surface area contributed by atoms with E-state index in [9.17, 15) is 18.0 Å². The second-order valence-electron chi connectivity index (χ2n) is 4.42. The van der Waals surface area contributed by atoms with E-state index < -0.39 is 29.2 Å². The molecule has 2 rings (SSSR count). The number of nitriles is 1. The maximum Gasteiger partial charge on any atom is 0.573 e. The number of nitrogens with zero attached hydrogens (tertiary/aromatic N) is 2. The van der Waals surface area contributed by atoms with Crippen LogP contribution in [-0.4, -0.2) is 17.9 Å². The number of para-hydroxylation sites is 2. The van der Waals surface area contributed by atoms with Crippen molar-refractivity contribution in [1.29, 1.82) is 5.26 Å². The number of rotatable bonds is 5. The first kappa shape index (κ1) is 17.0. The van der Waals surface area contributed by atoms with E-state index in [4.69, 9.17) is 5.26 Å². The Morgan fingerprint density at radius 2 is 1.71 bits per heavy atom. The van der Waals surface area contributed by atoms with Gasteiger partial charge < -0.3 is 4.74 Å². The zero-order valence-electron chi connectivity index (χ0n) is 12.0. The van der Waals surface area contributed by atoms with Gasteiger partial charge in [-0.05, 0) is 24.3 Å². The minimum absolute atomic E-state index is 0.412. The molecule has 8 heteroatoms. The lowest BCUT2D eigenvalue weighted by Gasteiger charge is -2.11. The Morgan fingerprint density at radius 1 is 1.08 bits per heavy atom. The van der Waals surface area contributed by atoms with Crippen LogP contribution in [0.3, 0.4) is 0 Å². The SMILES string of the molecule is N#C/C(=N\Nc1ccccc1)C(=O)c1ccccc1OC(F)(F)F. The van der Waals surface area contributed by atoms with Gasteiger partial charge in [0.1, 0.15) is 11.8 Å². The molecule has 5 nitrogen and oxygen atoms in total. The Morgan fingerprint density at radius 3 is 2.33 bits per heavy atom. The first-order valence-electron chi connectivity index (χ1n) is 6.59. The number of nitrogens with one attached hydrogen (secondary N) is 1. The van der Waals surface area contributed by atoms with E-state index in [1.807, 2.05) is 0 Å². The summed E-state index contributed by atoms with van der Waals surface area (Å²) in [5.41, 5.74) is 2.00. The van der Waals surface area contributed by atoms with Gasteiger partial charge in [0.15, 0.2) is 0 Å². The smallest absolute Gasteiger partial charge is 0.405 e. The van der Waals surface area contributed by atoms with Crippen LogP contribution in [0.25, 0.3) is 0 Å². The molecular formula is C16H10F3N3O2. The number of halogens is 3. The van der Waals surface area contributed by atoms with Crippen molar-refractivity contribution in [2.75, 3.05) is 5.43 Å². The third-order valence-corrected chi connectivity index (χ3v) is 2.75. The molecule has 0 aliphatic carbocycles. The van der Waals surface area contributed by atoms with Gasteiger partial charge in [0.25, 0.3) is 0 Å². The molecule has 122 valence electrons. The van der Waals surface area contributed by atoms with Gasteiger partial charge in [0.05, 0.1) is 11.3 Å². The predicted molar refractivity (Wildman–Crippen MR) is 80.6 cm³/mol. The molecule has 2 aromatic rings. The van der Waals surface area contributed by atoms with Gasteiger partial charge in [-0.25, -0.2) is 0 Å². The molecule has 2 aromatic carbocycles. The standard InChI is InChI=1S/C16H10F3N3O2/c17-16(18,19)24-14-9-5-4-8-12(14)15(23)13(10-20)22-21-11-6-2-1-3-7-11/h1-9,21H/b22-13+. The quantitative estimate of drug-likeness (QED) is 0.514. The fraction of sp³-hybridized carbons (Fsp3) is 0.0625. The van der Waals surface area contributed by atoms with Crippen LogP contribution >= 0.6 is 0 Å². The molecule has 0 atom stereocenters. The lowest BCUT2D eigenvalue weighted by Crippen LogP contribution is -2.21. The lowest BCUT2D eigenvalue weighted by molar-refractivity contribution is -0.274. The summed E-state index contributed by atoms with van der Waals surface area (Å²) in [5.74, 6) is -1.68. The number of Topliss-reactive ketones (excluding diaryl/α,β-unsaturated/α-hetero) is 1. The Labute approximate surface area is 135 Å². The summed E-state index contributed by atoms with van der Waals surface area (Å²) in [4.78, 5) is 12.3. The van der Waals surface area contributed by atoms with Crippen LogP contribution in [0.4, 0.5) is 18.9 Å². The average molecular weight is 333 g/mol. The van der Waals surface area contributed by atoms with Crippen molar-refractivity contribution in [2.24, 2.45) is 5.10 Å². The summed E-state index contributed by atoms with van der Waals surface area (Å²) in [7, 11) is 0. The van der Waals surface area contributed by atoms with E-state index >= 15 is 0 Å². The zero-order chi connectivity index (χ0) is 17.6. The second kappa shape index (κ2) is 7.28. The van der Waals surface area contributed by atoms with E-state index in [2.05, 4.69) is 15.3 Å². The van der Waals surface area contributed by atoms with E-state index in [1.54, 1.807) is 36.4 Å². The molecule has 0 unspecified atom stereocenters. The van der Waals surface area contributed by atoms with Crippen molar-refractivity contribution in [3.05, 3.63) is 60.2 Å². The van der Waals surface area contributed by atoms with Gasteiger partial charge in [-0.2, -0.15) is 10.4 Å². The van der Waals surface area contributed by atoms with Crippen LogP contribution in [0.2, 0.25) is 0 Å². The van der Waals surface area contributed by atoms with Gasteiger partial charge in [-0.3, -0.25) is 10.2 Å². The third-order valence-electron chi connectivity index (χ3n) is 2.75. The third kappa shape index (κ3) is 4.58. The van der Waals surface area contributed by atoms with Gasteiger partial charge in [0, 0.05) is 0 Å². The number of carbonyl (C=O) groups is 1. The van der Waals surface area contributed by atoms with Crippen LogP contribution in [0.15, 0.2) is 59.7 Å². The summed E-state index contributed by atoms with van der Waals surface area (Å²) >= 11 is 0. The van der Waals surface area contributed by atoms with Crippen LogP contribution in [0, 0.1) is 11.3 Å². The topological polar surface area (TPSA) is 74.5 Å². The normalized spacial score (nSPS) is 11.5. The molecule has 0 heterocycles. The van der Waals surface area contributed by atoms with Crippen LogP contribution in [0.1, 0.15) is 10.4 Å². The maximum atomic E-state index is 12.4. The molecule has 0 saturated heterocycles. The highest BCUT2D eigenvalue weighted by atomic mass is 19.4. The zero-order valence-corrected chi connectivity index (χ0v) is 12.0. The van der Waals surface area contributed by atoms with Crippen molar-refractivity contribution in [3.8, 4) is 11.8 Å². The summed E-state index contributed by atoms with van der Waals surface area (Å²) in [6.45, 7) is 0. The number of benzene rings is 2. The van der Waals surface area contributed by atoms with Crippen LogP contribution < -0.4 is 10.2 Å². The van der Waals surface area contributed by atoms with Gasteiger partial charge in [0.2, 0.25) is 11.5 Å². The number of hydrogen-bond acceptors (Lipinski definition) is 5. The minimum atomic E-state index is -4.96. The molecule has 24 heavy (non-hydrogen) atoms. The Balaban J connectivity index is 2.28. The molecule has 0 spiro atoms. The fourth-order valence-corrected chi connectivity index (χ4v) is 1.76. The van der Waals surface area contributed by atoms with Crippen molar-refractivity contribution in [3.63, 3.8) is 0 Å². The number of ketones is 1. The highest BCUT2D eigenvalue weighted by molar-refractivity contribution is 6.51. The molecule has 0 aliphatic heterocycles. The van der Waals surface area contributed by atoms with Gasteiger partial charge in [-0.1, -0.05) is 30.3 Å². The fourth-order valence-electron chi connectivity index (χ4n) is 1.76. The largest absolute Gasteiger partial charge is 0.573 e. The number of hydrogen-bond donors (Lipinski definition) is 1. The van der Waals surface area contributed by atoms with Crippen molar-refractivity contribution in [2.45, 2.75) is 6.36 Å². The van der Waals surface area contributed by atoms with Crippen molar-refractivity contribution < 1.29 is 22.7 Å². The number of carbonyl (C=O) groups excluding carboxylic acids is 1. The Kier molecular flexibility index (Phi) is 5.16. The summed E-state index contributed by atoms with van der Waals surface area (Å²) < 4.78 is 41.0. The van der Waals surface area contributed by atoms with Crippen LogP contribution in [0.5, 0.6) is 5.75 Å². The average Bonchev–Trinajstić information content (AvgIpc) is 2.55. The molecule has 0 bridgehead atoms. The van der Waals surface area contributed by atoms with E-state index in [0.29, 0.717) is 5.69 Å². The Bertz CT molecular complexity index is 796.